The number of aromatic amines is 1. The molecule has 3 heterocycles. The van der Waals surface area contributed by atoms with Crippen LogP contribution in [0.5, 0.6) is 5.75 Å². The molecule has 3 aliphatic rings. The fourth-order valence-electron chi connectivity index (χ4n) is 5.51. The van der Waals surface area contributed by atoms with E-state index < -0.39 is 12.1 Å². The van der Waals surface area contributed by atoms with Crippen molar-refractivity contribution in [1.29, 1.82) is 5.26 Å². The summed E-state index contributed by atoms with van der Waals surface area (Å²) in [6.07, 6.45) is 2.82. The van der Waals surface area contributed by atoms with Gasteiger partial charge in [-0.05, 0) is 55.7 Å². The molecule has 1 aromatic heterocycles. The largest absolute Gasteiger partial charge is 0.496 e. The molecule has 2 saturated heterocycles. The van der Waals surface area contributed by atoms with Crippen LogP contribution >= 0.6 is 0 Å². The van der Waals surface area contributed by atoms with Crippen LogP contribution in [-0.2, 0) is 9.59 Å². The second-order valence-electron chi connectivity index (χ2n) is 9.21. The smallest absolute Gasteiger partial charge is 0.271 e. The third-order valence-electron chi connectivity index (χ3n) is 7.41. The second-order valence-corrected chi connectivity index (χ2v) is 9.21. The van der Waals surface area contributed by atoms with Crippen LogP contribution in [0.1, 0.15) is 36.2 Å². The average Bonchev–Trinajstić information content (AvgIpc) is 3.48. The number of aromatic nitrogens is 1. The number of hydrogen-bond donors (Lipinski definition) is 3. The van der Waals surface area contributed by atoms with E-state index in [1.165, 1.54) is 0 Å². The molecule has 9 heteroatoms. The summed E-state index contributed by atoms with van der Waals surface area (Å²) >= 11 is 0. The third kappa shape index (κ3) is 3.69. The number of likely N-dealkylation sites (tertiary alicyclic amines) is 1. The third-order valence-corrected chi connectivity index (χ3v) is 7.41. The van der Waals surface area contributed by atoms with Gasteiger partial charge >= 0.3 is 0 Å². The fraction of sp³-hybridized carbons (Fsp3) is 0.500. The van der Waals surface area contributed by atoms with Crippen LogP contribution in [-0.4, -0.2) is 59.9 Å². The lowest BCUT2D eigenvalue weighted by atomic mass is 9.73. The van der Waals surface area contributed by atoms with Gasteiger partial charge in [0, 0.05) is 29.9 Å². The maximum absolute atomic E-state index is 13.5. The second kappa shape index (κ2) is 8.43. The SMILES string of the molecule is COc1cccc2[nH]c(C(=O)N3C[C@H]4CC[C@H]4[C@@H]3C(=O)N[C@H](C#N)C[C@@H]3CCNC3=O)cc12. The minimum Gasteiger partial charge on any atom is -0.496 e. The zero-order valence-electron chi connectivity index (χ0n) is 18.5. The van der Waals surface area contributed by atoms with Gasteiger partial charge < -0.3 is 25.3 Å². The molecule has 2 aliphatic heterocycles. The van der Waals surface area contributed by atoms with Gasteiger partial charge in [-0.3, -0.25) is 14.4 Å². The van der Waals surface area contributed by atoms with E-state index in [-0.39, 0.29) is 36.0 Å². The van der Waals surface area contributed by atoms with Gasteiger partial charge in [-0.2, -0.15) is 5.26 Å². The van der Waals surface area contributed by atoms with E-state index in [2.05, 4.69) is 21.7 Å². The molecule has 5 atom stereocenters. The molecule has 3 fully saturated rings. The number of carbonyl (C=O) groups excluding carboxylic acids is 3. The molecule has 0 bridgehead atoms. The van der Waals surface area contributed by atoms with Gasteiger partial charge in [0.1, 0.15) is 23.5 Å². The number of nitrogens with zero attached hydrogens (tertiary/aromatic N) is 2. The van der Waals surface area contributed by atoms with Gasteiger partial charge in [-0.15, -0.1) is 0 Å². The Morgan fingerprint density at radius 3 is 2.85 bits per heavy atom. The summed E-state index contributed by atoms with van der Waals surface area (Å²) in [5.74, 6) is 0.184. The Labute approximate surface area is 191 Å². The van der Waals surface area contributed by atoms with Gasteiger partial charge in [0.25, 0.3) is 5.91 Å². The monoisotopic (exact) mass is 449 g/mol. The van der Waals surface area contributed by atoms with Crippen molar-refractivity contribution in [2.24, 2.45) is 17.8 Å². The first-order chi connectivity index (χ1) is 16.0. The zero-order chi connectivity index (χ0) is 23.1. The lowest BCUT2D eigenvalue weighted by molar-refractivity contribution is -0.128. The Bertz CT molecular complexity index is 1150. The molecule has 0 unspecified atom stereocenters. The van der Waals surface area contributed by atoms with Crippen molar-refractivity contribution in [3.8, 4) is 11.8 Å². The Morgan fingerprint density at radius 2 is 2.18 bits per heavy atom. The molecule has 33 heavy (non-hydrogen) atoms. The molecular formula is C24H27N5O4. The van der Waals surface area contributed by atoms with E-state index in [4.69, 9.17) is 4.74 Å². The normalized spacial score (nSPS) is 26.8. The maximum atomic E-state index is 13.5. The number of H-pyrrole nitrogens is 1. The fourth-order valence-corrected chi connectivity index (χ4v) is 5.51. The highest BCUT2D eigenvalue weighted by Crippen LogP contribution is 2.45. The maximum Gasteiger partial charge on any atom is 0.271 e. The molecule has 0 spiro atoms. The number of fused-ring (bicyclic) bond motifs is 2. The standard InChI is InChI=1S/C24H27N5O4/c1-33-20-4-2-3-18-17(20)10-19(28-18)24(32)29-12-14-5-6-16(14)21(29)23(31)27-15(11-25)9-13-7-8-26-22(13)30/h2-4,10,13-16,21,28H,5-9,12H2,1H3,(H,26,30)(H,27,31)/t13-,14+,15-,16+,21+/m0/s1. The van der Waals surface area contributed by atoms with Crippen molar-refractivity contribution < 1.29 is 19.1 Å². The molecule has 1 aliphatic carbocycles. The number of amides is 3. The predicted molar refractivity (Wildman–Crippen MR) is 119 cm³/mol. The van der Waals surface area contributed by atoms with Gasteiger partial charge in [0.2, 0.25) is 11.8 Å². The van der Waals surface area contributed by atoms with Crippen molar-refractivity contribution in [3.63, 3.8) is 0 Å². The summed E-state index contributed by atoms with van der Waals surface area (Å²) in [5.41, 5.74) is 1.20. The Balaban J connectivity index is 1.35. The van der Waals surface area contributed by atoms with Gasteiger partial charge in [-0.1, -0.05) is 6.07 Å². The molecule has 5 rings (SSSR count). The van der Waals surface area contributed by atoms with E-state index in [1.807, 2.05) is 18.2 Å². The summed E-state index contributed by atoms with van der Waals surface area (Å²) < 4.78 is 5.40. The highest BCUT2D eigenvalue weighted by atomic mass is 16.5. The minimum atomic E-state index is -0.764. The number of nitriles is 1. The Morgan fingerprint density at radius 1 is 1.33 bits per heavy atom. The number of methoxy groups -OCH3 is 1. The van der Waals surface area contributed by atoms with Crippen LogP contribution in [0.3, 0.4) is 0 Å². The molecule has 1 saturated carbocycles. The van der Waals surface area contributed by atoms with E-state index in [0.29, 0.717) is 36.9 Å². The van der Waals surface area contributed by atoms with Crippen molar-refractivity contribution in [3.05, 3.63) is 30.0 Å². The van der Waals surface area contributed by atoms with Crippen molar-refractivity contribution in [2.75, 3.05) is 20.2 Å². The lowest BCUT2D eigenvalue weighted by Crippen LogP contribution is -2.52. The Hall–Kier alpha value is -3.54. The van der Waals surface area contributed by atoms with Crippen LogP contribution < -0.4 is 15.4 Å². The first-order valence-corrected chi connectivity index (χ1v) is 11.4. The van der Waals surface area contributed by atoms with Crippen LogP contribution in [0.4, 0.5) is 0 Å². The molecular weight excluding hydrogens is 422 g/mol. The van der Waals surface area contributed by atoms with Gasteiger partial charge in [0.05, 0.1) is 13.2 Å². The van der Waals surface area contributed by atoms with Crippen LogP contribution in [0.15, 0.2) is 24.3 Å². The van der Waals surface area contributed by atoms with Crippen molar-refractivity contribution in [1.82, 2.24) is 20.5 Å². The highest BCUT2D eigenvalue weighted by Gasteiger charge is 2.52. The number of benzene rings is 1. The first-order valence-electron chi connectivity index (χ1n) is 11.4. The molecule has 2 aromatic rings. The topological polar surface area (TPSA) is 127 Å². The molecule has 0 radical (unpaired) electrons. The quantitative estimate of drug-likeness (QED) is 0.617. The number of carbonyl (C=O) groups is 3. The summed E-state index contributed by atoms with van der Waals surface area (Å²) in [4.78, 5) is 43.5. The predicted octanol–water partition coefficient (Wildman–Crippen LogP) is 1.56. The van der Waals surface area contributed by atoms with E-state index in [1.54, 1.807) is 18.1 Å². The summed E-state index contributed by atoms with van der Waals surface area (Å²) in [6, 6.07) is 8.07. The number of ether oxygens (including phenoxy) is 1. The van der Waals surface area contributed by atoms with E-state index in [0.717, 1.165) is 23.7 Å². The molecule has 9 nitrogen and oxygen atoms in total. The number of rotatable bonds is 6. The van der Waals surface area contributed by atoms with Crippen LogP contribution in [0, 0.1) is 29.1 Å². The van der Waals surface area contributed by atoms with Crippen LogP contribution in [0.2, 0.25) is 0 Å². The van der Waals surface area contributed by atoms with Crippen molar-refractivity contribution in [2.45, 2.75) is 37.8 Å². The lowest BCUT2D eigenvalue weighted by Gasteiger charge is -2.33. The number of nitrogens with one attached hydrogen (secondary N) is 3. The summed E-state index contributed by atoms with van der Waals surface area (Å²) in [6.45, 7) is 1.12. The number of hydrogen-bond acceptors (Lipinski definition) is 5. The molecule has 3 N–H and O–H groups in total. The minimum absolute atomic E-state index is 0.0736. The molecule has 1 aromatic carbocycles. The summed E-state index contributed by atoms with van der Waals surface area (Å²) in [7, 11) is 1.59. The van der Waals surface area contributed by atoms with Crippen LogP contribution in [0.25, 0.3) is 10.9 Å². The zero-order valence-corrected chi connectivity index (χ0v) is 18.5. The van der Waals surface area contributed by atoms with Gasteiger partial charge in [0.15, 0.2) is 0 Å². The molecule has 3 amide bonds. The average molecular weight is 450 g/mol. The highest BCUT2D eigenvalue weighted by molar-refractivity contribution is 6.02. The Kier molecular flexibility index (Phi) is 5.44. The van der Waals surface area contributed by atoms with Gasteiger partial charge in [-0.25, -0.2) is 0 Å². The van der Waals surface area contributed by atoms with Crippen molar-refractivity contribution >= 4 is 28.6 Å². The van der Waals surface area contributed by atoms with E-state index in [9.17, 15) is 19.6 Å². The molecule has 172 valence electrons. The summed E-state index contributed by atoms with van der Waals surface area (Å²) in [5, 5.41) is 16.0. The first kappa shape index (κ1) is 21.3. The van der Waals surface area contributed by atoms with E-state index >= 15 is 0 Å².